The number of carbonyl (C=O) groups is 2. The van der Waals surface area contributed by atoms with E-state index in [4.69, 9.17) is 13.9 Å². The molecule has 3 aromatic rings. The van der Waals surface area contributed by atoms with Gasteiger partial charge in [-0.25, -0.2) is 5.43 Å². The summed E-state index contributed by atoms with van der Waals surface area (Å²) >= 11 is 0. The molecule has 2 aromatic carbocycles. The van der Waals surface area contributed by atoms with Gasteiger partial charge < -0.3 is 19.2 Å². The molecule has 0 spiro atoms. The second-order valence-electron chi connectivity index (χ2n) is 6.64. The Bertz CT molecular complexity index is 1160. The summed E-state index contributed by atoms with van der Waals surface area (Å²) in [5.74, 6) is 1.39. The minimum Gasteiger partial charge on any atom is -0.460 e. The molecular formula is C23H19N3O5. The highest BCUT2D eigenvalue weighted by atomic mass is 16.7. The van der Waals surface area contributed by atoms with E-state index in [-0.39, 0.29) is 12.5 Å². The number of benzene rings is 2. The van der Waals surface area contributed by atoms with Gasteiger partial charge in [-0.1, -0.05) is 24.3 Å². The molecule has 0 aliphatic carbocycles. The predicted molar refractivity (Wildman–Crippen MR) is 114 cm³/mol. The van der Waals surface area contributed by atoms with Crippen molar-refractivity contribution in [2.45, 2.75) is 6.92 Å². The highest BCUT2D eigenvalue weighted by molar-refractivity contribution is 6.05. The molecule has 8 heteroatoms. The fraction of sp³-hybridized carbons (Fsp3) is 0.0870. The number of furan rings is 1. The average molecular weight is 417 g/mol. The molecule has 0 radical (unpaired) electrons. The monoisotopic (exact) mass is 417 g/mol. The fourth-order valence-electron chi connectivity index (χ4n) is 2.85. The Morgan fingerprint density at radius 1 is 1.00 bits per heavy atom. The third-order valence-corrected chi connectivity index (χ3v) is 4.36. The second kappa shape index (κ2) is 9.00. The molecule has 1 aliphatic rings. The molecule has 156 valence electrons. The van der Waals surface area contributed by atoms with Crippen molar-refractivity contribution in [2.24, 2.45) is 5.10 Å². The minimum atomic E-state index is -0.596. The molecule has 2 amide bonds. The van der Waals surface area contributed by atoms with Crippen LogP contribution in [0.1, 0.15) is 27.4 Å². The van der Waals surface area contributed by atoms with Gasteiger partial charge in [-0.3, -0.25) is 9.59 Å². The lowest BCUT2D eigenvalue weighted by Crippen LogP contribution is -2.32. The molecule has 0 fully saturated rings. The lowest BCUT2D eigenvalue weighted by Gasteiger charge is -2.09. The summed E-state index contributed by atoms with van der Waals surface area (Å²) in [6.45, 7) is 1.95. The van der Waals surface area contributed by atoms with Gasteiger partial charge in [0.15, 0.2) is 11.5 Å². The van der Waals surface area contributed by atoms with Crippen LogP contribution in [0.15, 0.2) is 75.9 Å². The van der Waals surface area contributed by atoms with Gasteiger partial charge in [-0.05, 0) is 55.0 Å². The van der Waals surface area contributed by atoms with E-state index >= 15 is 0 Å². The van der Waals surface area contributed by atoms with Gasteiger partial charge >= 0.3 is 0 Å². The van der Waals surface area contributed by atoms with Crippen molar-refractivity contribution in [2.75, 3.05) is 6.79 Å². The number of rotatable bonds is 6. The van der Waals surface area contributed by atoms with E-state index in [2.05, 4.69) is 15.8 Å². The number of nitrogens with one attached hydrogen (secondary N) is 2. The number of nitrogens with zero attached hydrogens (tertiary/aromatic N) is 1. The number of amides is 2. The van der Waals surface area contributed by atoms with Crippen LogP contribution in [0.5, 0.6) is 11.5 Å². The smallest absolute Gasteiger partial charge is 0.287 e. The molecule has 1 aromatic heterocycles. The lowest BCUT2D eigenvalue weighted by atomic mass is 10.1. The molecule has 2 N–H and O–H groups in total. The number of fused-ring (bicyclic) bond motifs is 1. The maximum Gasteiger partial charge on any atom is 0.287 e. The number of hydrogen-bond donors (Lipinski definition) is 2. The first kappa shape index (κ1) is 20.0. The van der Waals surface area contributed by atoms with E-state index < -0.39 is 11.8 Å². The van der Waals surface area contributed by atoms with Crippen LogP contribution in [0.25, 0.3) is 6.08 Å². The summed E-state index contributed by atoms with van der Waals surface area (Å²) in [6, 6.07) is 17.3. The zero-order valence-electron chi connectivity index (χ0n) is 16.6. The first-order chi connectivity index (χ1) is 15.1. The highest BCUT2D eigenvalue weighted by Gasteiger charge is 2.16. The molecule has 0 bridgehead atoms. The van der Waals surface area contributed by atoms with E-state index in [1.165, 1.54) is 12.3 Å². The van der Waals surface area contributed by atoms with Gasteiger partial charge in [0.1, 0.15) is 17.2 Å². The Hall–Kier alpha value is -4.33. The molecule has 8 nitrogen and oxygen atoms in total. The summed E-state index contributed by atoms with van der Waals surface area (Å²) in [6.07, 6.45) is 2.91. The minimum absolute atomic E-state index is 0.0143. The maximum atomic E-state index is 12.7. The van der Waals surface area contributed by atoms with E-state index in [0.29, 0.717) is 28.4 Å². The molecule has 31 heavy (non-hydrogen) atoms. The number of hydrogen-bond acceptors (Lipinski definition) is 6. The van der Waals surface area contributed by atoms with Crippen LogP contribution >= 0.6 is 0 Å². The third kappa shape index (κ3) is 4.99. The Labute approximate surface area is 178 Å². The summed E-state index contributed by atoms with van der Waals surface area (Å²) in [5.41, 5.74) is 3.48. The number of hydrazone groups is 1. The van der Waals surface area contributed by atoms with Crippen molar-refractivity contribution >= 4 is 24.1 Å². The predicted octanol–water partition coefficient (Wildman–Crippen LogP) is 3.24. The van der Waals surface area contributed by atoms with Crippen molar-refractivity contribution in [3.05, 3.63) is 89.0 Å². The number of carbonyl (C=O) groups excluding carboxylic acids is 2. The summed E-state index contributed by atoms with van der Waals surface area (Å²) in [7, 11) is 0. The molecule has 0 saturated heterocycles. The SMILES string of the molecule is Cc1ccc(/C=N\NC(=O)C(=Cc2ccc3c(c2)OCO3)NC(=O)c2ccccc2)o1. The topological polar surface area (TPSA) is 102 Å². The van der Waals surface area contributed by atoms with E-state index in [1.807, 2.05) is 0 Å². The van der Waals surface area contributed by atoms with Crippen LogP contribution in [-0.4, -0.2) is 24.8 Å². The zero-order valence-corrected chi connectivity index (χ0v) is 16.6. The largest absolute Gasteiger partial charge is 0.460 e. The quantitative estimate of drug-likeness (QED) is 0.364. The maximum absolute atomic E-state index is 12.7. The Morgan fingerprint density at radius 2 is 1.81 bits per heavy atom. The van der Waals surface area contributed by atoms with Gasteiger partial charge in [-0.15, -0.1) is 0 Å². The van der Waals surface area contributed by atoms with Crippen LogP contribution in [0.3, 0.4) is 0 Å². The summed E-state index contributed by atoms with van der Waals surface area (Å²) < 4.78 is 16.1. The summed E-state index contributed by atoms with van der Waals surface area (Å²) in [4.78, 5) is 25.4. The van der Waals surface area contributed by atoms with Crippen molar-refractivity contribution in [1.29, 1.82) is 0 Å². The van der Waals surface area contributed by atoms with Crippen LogP contribution in [0, 0.1) is 6.92 Å². The average Bonchev–Trinajstić information content (AvgIpc) is 3.42. The van der Waals surface area contributed by atoms with Crippen molar-refractivity contribution in [3.63, 3.8) is 0 Å². The molecule has 0 unspecified atom stereocenters. The molecule has 0 saturated carbocycles. The Kier molecular flexibility index (Phi) is 5.79. The standard InChI is InChI=1S/C23H19N3O5/c1-15-7-9-18(31-15)13-24-26-23(28)19(25-22(27)17-5-3-2-4-6-17)11-16-8-10-20-21(12-16)30-14-29-20/h2-13H,14H2,1H3,(H,25,27)(H,26,28)/b19-11?,24-13-. The van der Waals surface area contributed by atoms with Crippen molar-refractivity contribution < 1.29 is 23.5 Å². The summed E-state index contributed by atoms with van der Waals surface area (Å²) in [5, 5.41) is 6.54. The van der Waals surface area contributed by atoms with Gasteiger partial charge in [0.25, 0.3) is 11.8 Å². The molecule has 4 rings (SSSR count). The first-order valence-electron chi connectivity index (χ1n) is 9.46. The van der Waals surface area contributed by atoms with Crippen LogP contribution < -0.4 is 20.2 Å². The Balaban J connectivity index is 1.56. The van der Waals surface area contributed by atoms with Gasteiger partial charge in [0.05, 0.1) is 6.21 Å². The van der Waals surface area contributed by atoms with Crippen LogP contribution in [0.4, 0.5) is 0 Å². The number of aryl methyl sites for hydroxylation is 1. The molecule has 1 aliphatic heterocycles. The number of ether oxygens (including phenoxy) is 2. The normalized spacial score (nSPS) is 12.7. The molecule has 2 heterocycles. The van der Waals surface area contributed by atoms with Crippen LogP contribution in [-0.2, 0) is 4.79 Å². The highest BCUT2D eigenvalue weighted by Crippen LogP contribution is 2.33. The van der Waals surface area contributed by atoms with E-state index in [1.54, 1.807) is 67.6 Å². The first-order valence-corrected chi connectivity index (χ1v) is 9.46. The fourth-order valence-corrected chi connectivity index (χ4v) is 2.85. The third-order valence-electron chi connectivity index (χ3n) is 4.36. The van der Waals surface area contributed by atoms with E-state index in [0.717, 1.165) is 5.76 Å². The van der Waals surface area contributed by atoms with Crippen LogP contribution in [0.2, 0.25) is 0 Å². The molecule has 0 atom stereocenters. The Morgan fingerprint density at radius 3 is 2.58 bits per heavy atom. The molecular weight excluding hydrogens is 398 g/mol. The van der Waals surface area contributed by atoms with Crippen molar-refractivity contribution in [1.82, 2.24) is 10.7 Å². The van der Waals surface area contributed by atoms with Gasteiger partial charge in [-0.2, -0.15) is 5.10 Å². The van der Waals surface area contributed by atoms with Gasteiger partial charge in [0.2, 0.25) is 6.79 Å². The van der Waals surface area contributed by atoms with Gasteiger partial charge in [0, 0.05) is 5.56 Å². The second-order valence-corrected chi connectivity index (χ2v) is 6.64. The van der Waals surface area contributed by atoms with Crippen molar-refractivity contribution in [3.8, 4) is 11.5 Å². The zero-order chi connectivity index (χ0) is 21.6. The lowest BCUT2D eigenvalue weighted by molar-refractivity contribution is -0.117. The van der Waals surface area contributed by atoms with E-state index in [9.17, 15) is 9.59 Å².